The molecule has 0 bridgehead atoms. The molecule has 0 spiro atoms. The second-order valence-electron chi connectivity index (χ2n) is 5.20. The monoisotopic (exact) mass is 406 g/mol. The zero-order chi connectivity index (χ0) is 18.7. The van der Waals surface area contributed by atoms with Gasteiger partial charge in [-0.1, -0.05) is 29.3 Å². The molecule has 0 radical (unpaired) electrons. The topological polar surface area (TPSA) is 101 Å². The summed E-state index contributed by atoms with van der Waals surface area (Å²) in [6.45, 7) is 0. The van der Waals surface area contributed by atoms with Crippen LogP contribution in [0.3, 0.4) is 0 Å². The Bertz CT molecular complexity index is 1010. The molecular formula is C17H12Cl2N4O2S. The Morgan fingerprint density at radius 1 is 1.23 bits per heavy atom. The summed E-state index contributed by atoms with van der Waals surface area (Å²) in [6, 6.07) is 6.68. The number of nitrogens with one attached hydrogen (secondary N) is 2. The largest absolute Gasteiger partial charge is 0.364 e. The molecule has 2 heterocycles. The van der Waals surface area contributed by atoms with Crippen molar-refractivity contribution < 1.29 is 9.59 Å². The number of halogens is 2. The van der Waals surface area contributed by atoms with Crippen LogP contribution in [0.15, 0.2) is 41.9 Å². The highest BCUT2D eigenvalue weighted by Crippen LogP contribution is 2.26. The predicted octanol–water partition coefficient (Wildman–Crippen LogP) is 4.20. The number of benzene rings is 1. The number of anilines is 1. The Kier molecular flexibility index (Phi) is 5.41. The first kappa shape index (κ1) is 18.2. The fourth-order valence-corrected chi connectivity index (χ4v) is 3.11. The van der Waals surface area contributed by atoms with Gasteiger partial charge in [0.15, 0.2) is 5.13 Å². The van der Waals surface area contributed by atoms with Crippen LogP contribution in [0.2, 0.25) is 10.0 Å². The van der Waals surface area contributed by atoms with E-state index in [0.717, 1.165) is 5.56 Å². The first-order valence-corrected chi connectivity index (χ1v) is 8.94. The molecule has 26 heavy (non-hydrogen) atoms. The molecule has 0 aliphatic rings. The van der Waals surface area contributed by atoms with E-state index in [-0.39, 0.29) is 5.91 Å². The van der Waals surface area contributed by atoms with Gasteiger partial charge >= 0.3 is 0 Å². The number of hydrogen-bond donors (Lipinski definition) is 3. The van der Waals surface area contributed by atoms with Gasteiger partial charge in [0, 0.05) is 23.2 Å². The van der Waals surface area contributed by atoms with E-state index in [1.165, 1.54) is 17.4 Å². The molecule has 4 N–H and O–H groups in total. The molecule has 3 rings (SSSR count). The third-order valence-electron chi connectivity index (χ3n) is 3.35. The maximum Gasteiger partial charge on any atom is 0.265 e. The zero-order valence-corrected chi connectivity index (χ0v) is 15.5. The smallest absolute Gasteiger partial charge is 0.265 e. The quantitative estimate of drug-likeness (QED) is 0.553. The molecule has 0 atom stereocenters. The lowest BCUT2D eigenvalue weighted by Gasteiger charge is -1.98. The van der Waals surface area contributed by atoms with E-state index in [9.17, 15) is 9.59 Å². The lowest BCUT2D eigenvalue weighted by atomic mass is 10.2. The summed E-state index contributed by atoms with van der Waals surface area (Å²) in [4.78, 5) is 30.2. The molecule has 6 nitrogen and oxygen atoms in total. The highest BCUT2D eigenvalue weighted by molar-refractivity contribution is 7.14. The van der Waals surface area contributed by atoms with Gasteiger partial charge in [-0.2, -0.15) is 0 Å². The number of aromatic amines is 1. The summed E-state index contributed by atoms with van der Waals surface area (Å²) < 4.78 is 0. The summed E-state index contributed by atoms with van der Waals surface area (Å²) in [5.41, 5.74) is 7.59. The minimum atomic E-state index is -0.549. The Balaban J connectivity index is 1.66. The van der Waals surface area contributed by atoms with E-state index in [1.807, 2.05) is 0 Å². The number of amides is 2. The van der Waals surface area contributed by atoms with Gasteiger partial charge in [0.05, 0.1) is 15.7 Å². The van der Waals surface area contributed by atoms with Crippen molar-refractivity contribution in [3.05, 3.63) is 63.2 Å². The van der Waals surface area contributed by atoms with E-state index in [0.29, 0.717) is 32.1 Å². The number of aromatic nitrogens is 2. The minimum absolute atomic E-state index is 0.295. The van der Waals surface area contributed by atoms with Crippen molar-refractivity contribution in [2.45, 2.75) is 0 Å². The van der Waals surface area contributed by atoms with Crippen LogP contribution in [0, 0.1) is 0 Å². The molecule has 3 aromatic rings. The van der Waals surface area contributed by atoms with Gasteiger partial charge in [-0.25, -0.2) is 4.98 Å². The first-order valence-electron chi connectivity index (χ1n) is 7.30. The molecule has 0 aliphatic heterocycles. The molecule has 0 fully saturated rings. The highest BCUT2D eigenvalue weighted by atomic mass is 35.5. The van der Waals surface area contributed by atoms with Gasteiger partial charge in [0.1, 0.15) is 5.69 Å². The molecule has 0 saturated carbocycles. The zero-order valence-electron chi connectivity index (χ0n) is 13.1. The average molecular weight is 407 g/mol. The van der Waals surface area contributed by atoms with Crippen molar-refractivity contribution in [2.24, 2.45) is 5.73 Å². The minimum Gasteiger partial charge on any atom is -0.364 e. The third-order valence-corrected chi connectivity index (χ3v) is 4.85. The van der Waals surface area contributed by atoms with E-state index >= 15 is 0 Å². The van der Waals surface area contributed by atoms with Crippen LogP contribution in [-0.4, -0.2) is 21.8 Å². The number of carbonyl (C=O) groups excluding carboxylic acids is 2. The Morgan fingerprint density at radius 2 is 2.04 bits per heavy atom. The fourth-order valence-electron chi connectivity index (χ4n) is 2.08. The molecule has 0 saturated heterocycles. The van der Waals surface area contributed by atoms with Crippen LogP contribution in [0.5, 0.6) is 0 Å². The number of nitrogens with two attached hydrogens (primary N) is 1. The van der Waals surface area contributed by atoms with E-state index in [1.54, 1.807) is 41.9 Å². The molecule has 2 amide bonds. The number of H-pyrrole nitrogens is 1. The number of thiazole rings is 1. The van der Waals surface area contributed by atoms with Crippen LogP contribution in [-0.2, 0) is 4.79 Å². The van der Waals surface area contributed by atoms with Crippen molar-refractivity contribution in [1.29, 1.82) is 0 Å². The molecular weight excluding hydrogens is 395 g/mol. The number of carbonyl (C=O) groups is 2. The maximum atomic E-state index is 12.0. The summed E-state index contributed by atoms with van der Waals surface area (Å²) >= 11 is 13.1. The number of rotatable bonds is 5. The summed E-state index contributed by atoms with van der Waals surface area (Å²) in [7, 11) is 0. The highest BCUT2D eigenvalue weighted by Gasteiger charge is 2.10. The Morgan fingerprint density at radius 3 is 2.73 bits per heavy atom. The summed E-state index contributed by atoms with van der Waals surface area (Å²) in [5.74, 6) is -0.878. The second kappa shape index (κ2) is 7.74. The first-order chi connectivity index (χ1) is 12.4. The number of nitrogens with zero attached hydrogens (tertiary/aromatic N) is 1. The van der Waals surface area contributed by atoms with Crippen molar-refractivity contribution in [3.8, 4) is 11.3 Å². The molecule has 9 heteroatoms. The van der Waals surface area contributed by atoms with Crippen LogP contribution < -0.4 is 11.1 Å². The van der Waals surface area contributed by atoms with Crippen molar-refractivity contribution >= 4 is 57.6 Å². The standard InChI is InChI=1S/C17H12Cl2N4O2S/c18-11-3-1-9(5-12(11)19)2-4-15(24)23-17-22-14(8-26-17)10-6-13(16(20)25)21-7-10/h1-8,21H,(H2,20,25)(H,22,23,24)/b4-2+. The summed E-state index contributed by atoms with van der Waals surface area (Å²) in [5, 5.41) is 5.75. The van der Waals surface area contributed by atoms with Gasteiger partial charge in [0.25, 0.3) is 5.91 Å². The predicted molar refractivity (Wildman–Crippen MR) is 105 cm³/mol. The van der Waals surface area contributed by atoms with Gasteiger partial charge in [-0.05, 0) is 29.8 Å². The third kappa shape index (κ3) is 4.32. The molecule has 2 aromatic heterocycles. The van der Waals surface area contributed by atoms with E-state index < -0.39 is 5.91 Å². The second-order valence-corrected chi connectivity index (χ2v) is 6.87. The van der Waals surface area contributed by atoms with Gasteiger partial charge in [0.2, 0.25) is 5.91 Å². The number of primary amides is 1. The Labute approximate surface area is 162 Å². The maximum absolute atomic E-state index is 12.0. The number of hydrogen-bond acceptors (Lipinski definition) is 4. The fraction of sp³-hybridized carbons (Fsp3) is 0. The van der Waals surface area contributed by atoms with Crippen molar-refractivity contribution in [1.82, 2.24) is 9.97 Å². The SMILES string of the molecule is NC(=O)c1cc(-c2csc(NC(=O)/C=C/c3ccc(Cl)c(Cl)c3)n2)c[nH]1. The van der Waals surface area contributed by atoms with Crippen LogP contribution in [0.25, 0.3) is 17.3 Å². The molecule has 1 aromatic carbocycles. The average Bonchev–Trinajstić information content (AvgIpc) is 3.25. The molecule has 0 aliphatic carbocycles. The van der Waals surface area contributed by atoms with Gasteiger partial charge < -0.3 is 10.7 Å². The normalized spacial score (nSPS) is 11.0. The van der Waals surface area contributed by atoms with Crippen LogP contribution in [0.1, 0.15) is 16.1 Å². The van der Waals surface area contributed by atoms with Crippen molar-refractivity contribution in [2.75, 3.05) is 5.32 Å². The Hall–Kier alpha value is -2.61. The lowest BCUT2D eigenvalue weighted by Crippen LogP contribution is -2.10. The van der Waals surface area contributed by atoms with Crippen LogP contribution in [0.4, 0.5) is 5.13 Å². The van der Waals surface area contributed by atoms with Crippen molar-refractivity contribution in [3.63, 3.8) is 0 Å². The van der Waals surface area contributed by atoms with Gasteiger partial charge in [-0.15, -0.1) is 11.3 Å². The van der Waals surface area contributed by atoms with E-state index in [4.69, 9.17) is 28.9 Å². The van der Waals surface area contributed by atoms with Gasteiger partial charge in [-0.3, -0.25) is 14.9 Å². The lowest BCUT2D eigenvalue weighted by molar-refractivity contribution is -0.111. The molecule has 132 valence electrons. The molecule has 0 unspecified atom stereocenters. The summed E-state index contributed by atoms with van der Waals surface area (Å²) in [6.07, 6.45) is 4.63. The van der Waals surface area contributed by atoms with E-state index in [2.05, 4.69) is 15.3 Å². The van der Waals surface area contributed by atoms with Crippen LogP contribution >= 0.6 is 34.5 Å².